The van der Waals surface area contributed by atoms with Gasteiger partial charge in [-0.3, -0.25) is 4.90 Å². The lowest BCUT2D eigenvalue weighted by molar-refractivity contribution is 0.0989. The highest BCUT2D eigenvalue weighted by atomic mass is 15.1. The third kappa shape index (κ3) is 1.94. The Morgan fingerprint density at radius 1 is 1.12 bits per heavy atom. The smallest absolute Gasteiger partial charge is 0.0455 e. The highest BCUT2D eigenvalue weighted by Gasteiger charge is 2.35. The molecule has 2 N–H and O–H groups in total. The van der Waals surface area contributed by atoms with Crippen molar-refractivity contribution in [1.82, 2.24) is 4.90 Å². The maximum Gasteiger partial charge on any atom is 0.0455 e. The molecular weight excluding hydrogens is 196 g/mol. The molecule has 2 heteroatoms. The Labute approximate surface area is 98.4 Å². The molecule has 1 fully saturated rings. The van der Waals surface area contributed by atoms with Gasteiger partial charge in [-0.05, 0) is 44.6 Å². The number of nitrogens with two attached hydrogens (primary N) is 1. The third-order valence-corrected chi connectivity index (χ3v) is 3.96. The van der Waals surface area contributed by atoms with Crippen LogP contribution in [0.3, 0.4) is 0 Å². The van der Waals surface area contributed by atoms with E-state index >= 15 is 0 Å². The lowest BCUT2D eigenvalue weighted by Crippen LogP contribution is -2.43. The summed E-state index contributed by atoms with van der Waals surface area (Å²) in [5.74, 6) is 0. The van der Waals surface area contributed by atoms with Crippen LogP contribution >= 0.6 is 0 Å². The zero-order valence-electron chi connectivity index (χ0n) is 10.4. The van der Waals surface area contributed by atoms with Gasteiger partial charge < -0.3 is 5.73 Å². The van der Waals surface area contributed by atoms with Gasteiger partial charge in [-0.15, -0.1) is 0 Å². The lowest BCUT2D eigenvalue weighted by atomic mass is 9.75. The number of anilines is 1. The molecule has 1 saturated carbocycles. The van der Waals surface area contributed by atoms with Gasteiger partial charge in [0, 0.05) is 11.2 Å². The van der Waals surface area contributed by atoms with Crippen LogP contribution in [0.1, 0.15) is 37.7 Å². The molecule has 0 spiro atoms. The minimum Gasteiger partial charge on any atom is -0.399 e. The summed E-state index contributed by atoms with van der Waals surface area (Å²) in [4.78, 5) is 2.38. The fourth-order valence-corrected chi connectivity index (χ4v) is 2.96. The van der Waals surface area contributed by atoms with E-state index in [0.29, 0.717) is 0 Å². The van der Waals surface area contributed by atoms with Crippen molar-refractivity contribution < 1.29 is 0 Å². The Hall–Kier alpha value is -1.02. The van der Waals surface area contributed by atoms with Crippen LogP contribution in [0.2, 0.25) is 0 Å². The molecule has 16 heavy (non-hydrogen) atoms. The maximum atomic E-state index is 5.91. The quantitative estimate of drug-likeness (QED) is 0.773. The van der Waals surface area contributed by atoms with Crippen molar-refractivity contribution in [2.45, 2.75) is 37.6 Å². The molecule has 0 aromatic heterocycles. The normalized spacial score (nSPS) is 19.9. The molecule has 0 heterocycles. The first-order valence-electron chi connectivity index (χ1n) is 6.19. The standard InChI is InChI=1S/C14H22N2/c1-16(2)14(9-4-3-5-10-14)12-7-6-8-13(15)11-12/h6-8,11H,3-5,9-10,15H2,1-2H3. The van der Waals surface area contributed by atoms with Crippen LogP contribution < -0.4 is 5.73 Å². The second-order valence-electron chi connectivity index (χ2n) is 5.11. The Morgan fingerprint density at radius 2 is 1.81 bits per heavy atom. The second-order valence-corrected chi connectivity index (χ2v) is 5.11. The first-order chi connectivity index (χ1) is 7.65. The topological polar surface area (TPSA) is 29.3 Å². The molecule has 88 valence electrons. The van der Waals surface area contributed by atoms with Gasteiger partial charge >= 0.3 is 0 Å². The molecule has 0 aliphatic heterocycles. The Morgan fingerprint density at radius 3 is 2.38 bits per heavy atom. The number of rotatable bonds is 2. The minimum absolute atomic E-state index is 0.216. The van der Waals surface area contributed by atoms with Crippen LogP contribution in [0, 0.1) is 0 Å². The predicted molar refractivity (Wildman–Crippen MR) is 69.3 cm³/mol. The van der Waals surface area contributed by atoms with E-state index < -0.39 is 0 Å². The number of hydrogen-bond donors (Lipinski definition) is 1. The maximum absolute atomic E-state index is 5.91. The fourth-order valence-electron chi connectivity index (χ4n) is 2.96. The van der Waals surface area contributed by atoms with E-state index in [1.54, 1.807) is 0 Å². The van der Waals surface area contributed by atoms with Gasteiger partial charge in [-0.1, -0.05) is 31.4 Å². The van der Waals surface area contributed by atoms with E-state index in [0.717, 1.165) is 5.69 Å². The summed E-state index contributed by atoms with van der Waals surface area (Å²) >= 11 is 0. The van der Waals surface area contributed by atoms with Crippen molar-refractivity contribution in [2.75, 3.05) is 19.8 Å². The Bertz CT molecular complexity index is 352. The van der Waals surface area contributed by atoms with E-state index in [1.807, 2.05) is 6.07 Å². The fraction of sp³-hybridized carbons (Fsp3) is 0.571. The monoisotopic (exact) mass is 218 g/mol. The van der Waals surface area contributed by atoms with E-state index in [2.05, 4.69) is 37.2 Å². The molecule has 0 unspecified atom stereocenters. The average Bonchev–Trinajstić information content (AvgIpc) is 2.30. The van der Waals surface area contributed by atoms with Crippen molar-refractivity contribution in [3.8, 4) is 0 Å². The van der Waals surface area contributed by atoms with Gasteiger partial charge in [-0.2, -0.15) is 0 Å². The molecule has 0 amide bonds. The predicted octanol–water partition coefficient (Wildman–Crippen LogP) is 2.99. The summed E-state index contributed by atoms with van der Waals surface area (Å²) < 4.78 is 0. The Kier molecular flexibility index (Phi) is 3.20. The van der Waals surface area contributed by atoms with Gasteiger partial charge in [-0.25, -0.2) is 0 Å². The molecule has 0 radical (unpaired) electrons. The minimum atomic E-state index is 0.216. The van der Waals surface area contributed by atoms with Crippen LogP contribution in [0.25, 0.3) is 0 Å². The van der Waals surface area contributed by atoms with Crippen molar-refractivity contribution >= 4 is 5.69 Å². The molecule has 0 atom stereocenters. The molecule has 2 rings (SSSR count). The molecule has 1 aromatic carbocycles. The largest absolute Gasteiger partial charge is 0.399 e. The van der Waals surface area contributed by atoms with Crippen LogP contribution in [0.4, 0.5) is 5.69 Å². The number of hydrogen-bond acceptors (Lipinski definition) is 2. The average molecular weight is 218 g/mol. The first-order valence-corrected chi connectivity index (χ1v) is 6.19. The van der Waals surface area contributed by atoms with Gasteiger partial charge in [0.1, 0.15) is 0 Å². The highest BCUT2D eigenvalue weighted by Crippen LogP contribution is 2.41. The van der Waals surface area contributed by atoms with Crippen LogP contribution in [-0.2, 0) is 5.54 Å². The van der Waals surface area contributed by atoms with Crippen molar-refractivity contribution in [3.63, 3.8) is 0 Å². The summed E-state index contributed by atoms with van der Waals surface area (Å²) in [5.41, 5.74) is 8.39. The number of benzene rings is 1. The summed E-state index contributed by atoms with van der Waals surface area (Å²) in [5, 5.41) is 0. The van der Waals surface area contributed by atoms with Crippen LogP contribution in [0.15, 0.2) is 24.3 Å². The van der Waals surface area contributed by atoms with E-state index in [1.165, 1.54) is 37.7 Å². The third-order valence-electron chi connectivity index (χ3n) is 3.96. The lowest BCUT2D eigenvalue weighted by Gasteiger charge is -2.43. The Balaban J connectivity index is 2.38. The van der Waals surface area contributed by atoms with Crippen molar-refractivity contribution in [2.24, 2.45) is 0 Å². The summed E-state index contributed by atoms with van der Waals surface area (Å²) in [6.45, 7) is 0. The molecule has 1 aliphatic rings. The SMILES string of the molecule is CN(C)C1(c2cccc(N)c2)CCCCC1. The van der Waals surface area contributed by atoms with Gasteiger partial charge in [0.15, 0.2) is 0 Å². The van der Waals surface area contributed by atoms with Crippen LogP contribution in [0.5, 0.6) is 0 Å². The van der Waals surface area contributed by atoms with Gasteiger partial charge in [0.25, 0.3) is 0 Å². The summed E-state index contributed by atoms with van der Waals surface area (Å²) in [6, 6.07) is 8.41. The molecule has 1 aliphatic carbocycles. The van der Waals surface area contributed by atoms with Crippen molar-refractivity contribution in [3.05, 3.63) is 29.8 Å². The van der Waals surface area contributed by atoms with Gasteiger partial charge in [0.2, 0.25) is 0 Å². The zero-order valence-corrected chi connectivity index (χ0v) is 10.4. The zero-order chi connectivity index (χ0) is 11.6. The van der Waals surface area contributed by atoms with E-state index in [4.69, 9.17) is 5.73 Å². The first kappa shape index (κ1) is 11.5. The molecular formula is C14H22N2. The van der Waals surface area contributed by atoms with Crippen molar-refractivity contribution in [1.29, 1.82) is 0 Å². The van der Waals surface area contributed by atoms with E-state index in [9.17, 15) is 0 Å². The highest BCUT2D eigenvalue weighted by molar-refractivity contribution is 5.43. The number of nitrogens with zero attached hydrogens (tertiary/aromatic N) is 1. The summed E-state index contributed by atoms with van der Waals surface area (Å²) in [7, 11) is 4.38. The molecule has 2 nitrogen and oxygen atoms in total. The van der Waals surface area contributed by atoms with Crippen LogP contribution in [-0.4, -0.2) is 19.0 Å². The van der Waals surface area contributed by atoms with E-state index in [-0.39, 0.29) is 5.54 Å². The molecule has 1 aromatic rings. The van der Waals surface area contributed by atoms with Gasteiger partial charge in [0.05, 0.1) is 0 Å². The molecule has 0 saturated heterocycles. The number of nitrogen functional groups attached to an aromatic ring is 1. The second kappa shape index (κ2) is 4.46. The molecule has 0 bridgehead atoms. The summed E-state index contributed by atoms with van der Waals surface area (Å²) in [6.07, 6.45) is 6.53.